The molecule has 0 aliphatic heterocycles. The maximum Gasteiger partial charge on any atom is 0.210 e. The van der Waals surface area contributed by atoms with Gasteiger partial charge in [0.05, 0.1) is 16.7 Å². The first-order chi connectivity index (χ1) is 9.31. The maximum absolute atomic E-state index is 5.73. The zero-order chi connectivity index (χ0) is 13.2. The van der Waals surface area contributed by atoms with Crippen LogP contribution in [0.2, 0.25) is 0 Å². The van der Waals surface area contributed by atoms with Crippen molar-refractivity contribution in [3.8, 4) is 0 Å². The minimum Gasteiger partial charge on any atom is -0.366 e. The molecule has 2 aromatic heterocycles. The van der Waals surface area contributed by atoms with Gasteiger partial charge < -0.3 is 20.2 Å². The van der Waals surface area contributed by atoms with Crippen molar-refractivity contribution >= 4 is 22.7 Å². The maximum atomic E-state index is 5.73. The number of aromatic nitrogens is 3. The van der Waals surface area contributed by atoms with Crippen LogP contribution in [0.25, 0.3) is 11.0 Å². The Morgan fingerprint density at radius 1 is 1.32 bits per heavy atom. The van der Waals surface area contributed by atoms with Crippen molar-refractivity contribution in [3.05, 3.63) is 42.7 Å². The number of para-hydroxylation sites is 2. The predicted molar refractivity (Wildman–Crippen MR) is 77.6 cm³/mol. The van der Waals surface area contributed by atoms with Crippen LogP contribution in [-0.2, 0) is 6.54 Å². The molecule has 0 aliphatic rings. The minimum atomic E-state index is 0.592. The molecule has 0 spiro atoms. The van der Waals surface area contributed by atoms with Crippen LogP contribution in [0.4, 0.5) is 11.6 Å². The Kier molecular flexibility index (Phi) is 2.97. The predicted octanol–water partition coefficient (Wildman–Crippen LogP) is 2.09. The van der Waals surface area contributed by atoms with Crippen molar-refractivity contribution in [2.75, 3.05) is 18.5 Å². The number of benzene rings is 1. The van der Waals surface area contributed by atoms with Crippen LogP contribution in [-0.4, -0.2) is 28.1 Å². The van der Waals surface area contributed by atoms with Crippen molar-refractivity contribution in [2.24, 2.45) is 5.73 Å². The van der Waals surface area contributed by atoms with Crippen LogP contribution in [0.15, 0.2) is 42.7 Å². The van der Waals surface area contributed by atoms with E-state index in [0.29, 0.717) is 6.54 Å². The van der Waals surface area contributed by atoms with Gasteiger partial charge in [-0.25, -0.2) is 4.98 Å². The van der Waals surface area contributed by atoms with Crippen molar-refractivity contribution in [1.82, 2.24) is 14.5 Å². The molecule has 3 aromatic rings. The van der Waals surface area contributed by atoms with Crippen LogP contribution in [0.3, 0.4) is 0 Å². The summed E-state index contributed by atoms with van der Waals surface area (Å²) in [5, 5.41) is 0. The molecule has 1 aromatic carbocycles. The fourth-order valence-corrected chi connectivity index (χ4v) is 2.31. The fraction of sp³-hybridized carbons (Fsp3) is 0.214. The van der Waals surface area contributed by atoms with Gasteiger partial charge in [0.25, 0.3) is 0 Å². The lowest BCUT2D eigenvalue weighted by Gasteiger charge is -2.18. The highest BCUT2D eigenvalue weighted by atomic mass is 15.3. The normalized spacial score (nSPS) is 11.1. The third-order valence-electron chi connectivity index (χ3n) is 3.26. The largest absolute Gasteiger partial charge is 0.366 e. The highest BCUT2D eigenvalue weighted by Gasteiger charge is 2.14. The Balaban J connectivity index is 2.14. The second kappa shape index (κ2) is 4.78. The Hall–Kier alpha value is -2.27. The number of nitrogens with zero attached hydrogens (tertiary/aromatic N) is 3. The van der Waals surface area contributed by atoms with Crippen LogP contribution in [0.1, 0.15) is 0 Å². The molecule has 0 unspecified atom stereocenters. The van der Waals surface area contributed by atoms with Crippen molar-refractivity contribution in [3.63, 3.8) is 0 Å². The van der Waals surface area contributed by atoms with Gasteiger partial charge in [0, 0.05) is 32.5 Å². The van der Waals surface area contributed by atoms with Gasteiger partial charge in [0.15, 0.2) is 0 Å². The van der Waals surface area contributed by atoms with Gasteiger partial charge in [0.1, 0.15) is 0 Å². The Morgan fingerprint density at radius 3 is 2.89 bits per heavy atom. The number of H-pyrrole nitrogens is 1. The number of imidazole rings is 1. The van der Waals surface area contributed by atoms with Gasteiger partial charge in [0.2, 0.25) is 5.95 Å². The van der Waals surface area contributed by atoms with E-state index in [1.165, 1.54) is 0 Å². The SMILES string of the molecule is CN(c1cc[nH]c1)c1nc2ccccc2n1CCN. The topological polar surface area (TPSA) is 62.9 Å². The van der Waals surface area contributed by atoms with Gasteiger partial charge in [-0.2, -0.15) is 0 Å². The number of aromatic amines is 1. The molecule has 5 heteroatoms. The molecule has 0 fully saturated rings. The van der Waals surface area contributed by atoms with E-state index in [-0.39, 0.29) is 0 Å². The van der Waals surface area contributed by atoms with Gasteiger partial charge in [-0.1, -0.05) is 12.1 Å². The first kappa shape index (κ1) is 11.8. The lowest BCUT2D eigenvalue weighted by atomic mass is 10.3. The van der Waals surface area contributed by atoms with E-state index in [4.69, 9.17) is 10.7 Å². The number of hydrogen-bond acceptors (Lipinski definition) is 3. The second-order valence-electron chi connectivity index (χ2n) is 4.47. The lowest BCUT2D eigenvalue weighted by molar-refractivity contribution is 0.724. The Bertz CT molecular complexity index is 668. The van der Waals surface area contributed by atoms with E-state index in [2.05, 4.69) is 20.5 Å². The van der Waals surface area contributed by atoms with E-state index in [1.807, 2.05) is 43.7 Å². The monoisotopic (exact) mass is 255 g/mol. The fourth-order valence-electron chi connectivity index (χ4n) is 2.31. The van der Waals surface area contributed by atoms with E-state index < -0.39 is 0 Å². The van der Waals surface area contributed by atoms with E-state index in [9.17, 15) is 0 Å². The summed E-state index contributed by atoms with van der Waals surface area (Å²) in [6.07, 6.45) is 3.86. The summed E-state index contributed by atoms with van der Waals surface area (Å²) in [6.45, 7) is 1.35. The molecule has 0 radical (unpaired) electrons. The number of fused-ring (bicyclic) bond motifs is 1. The van der Waals surface area contributed by atoms with Crippen LogP contribution in [0.5, 0.6) is 0 Å². The molecule has 5 nitrogen and oxygen atoms in total. The highest BCUT2D eigenvalue weighted by Crippen LogP contribution is 2.26. The summed E-state index contributed by atoms with van der Waals surface area (Å²) < 4.78 is 2.16. The lowest BCUT2D eigenvalue weighted by Crippen LogP contribution is -2.18. The number of hydrogen-bond donors (Lipinski definition) is 2. The Labute approximate surface area is 111 Å². The second-order valence-corrected chi connectivity index (χ2v) is 4.47. The van der Waals surface area contributed by atoms with E-state index in [0.717, 1.165) is 29.2 Å². The average Bonchev–Trinajstić information content (AvgIpc) is 3.06. The van der Waals surface area contributed by atoms with Crippen molar-refractivity contribution in [1.29, 1.82) is 0 Å². The number of rotatable bonds is 4. The molecule has 0 atom stereocenters. The first-order valence-electron chi connectivity index (χ1n) is 6.33. The molecular formula is C14H17N5. The zero-order valence-electron chi connectivity index (χ0n) is 10.9. The smallest absolute Gasteiger partial charge is 0.210 e. The van der Waals surface area contributed by atoms with Gasteiger partial charge in [-0.05, 0) is 18.2 Å². The first-order valence-corrected chi connectivity index (χ1v) is 6.33. The number of anilines is 2. The Morgan fingerprint density at radius 2 is 2.16 bits per heavy atom. The van der Waals surface area contributed by atoms with Crippen molar-refractivity contribution in [2.45, 2.75) is 6.54 Å². The molecule has 3 rings (SSSR count). The molecule has 0 amide bonds. The quantitative estimate of drug-likeness (QED) is 0.750. The molecule has 0 saturated carbocycles. The molecule has 98 valence electrons. The van der Waals surface area contributed by atoms with Crippen LogP contribution in [0, 0.1) is 0 Å². The van der Waals surface area contributed by atoms with Crippen LogP contribution < -0.4 is 10.6 Å². The number of nitrogens with one attached hydrogen (secondary N) is 1. The standard InChI is InChI=1S/C14H17N5/c1-18(11-6-8-16-10-11)14-17-12-4-2-3-5-13(12)19(14)9-7-15/h2-6,8,10,16H,7,9,15H2,1H3. The molecule has 0 aliphatic carbocycles. The third-order valence-corrected chi connectivity index (χ3v) is 3.26. The third kappa shape index (κ3) is 1.98. The van der Waals surface area contributed by atoms with Gasteiger partial charge in [-0.3, -0.25) is 0 Å². The molecule has 2 heterocycles. The summed E-state index contributed by atoms with van der Waals surface area (Å²) in [5.74, 6) is 0.909. The molecular weight excluding hydrogens is 238 g/mol. The summed E-state index contributed by atoms with van der Waals surface area (Å²) >= 11 is 0. The van der Waals surface area contributed by atoms with Gasteiger partial charge >= 0.3 is 0 Å². The zero-order valence-corrected chi connectivity index (χ0v) is 10.9. The van der Waals surface area contributed by atoms with Crippen LogP contribution >= 0.6 is 0 Å². The summed E-state index contributed by atoms with van der Waals surface area (Å²) in [7, 11) is 2.01. The van der Waals surface area contributed by atoms with E-state index >= 15 is 0 Å². The molecule has 0 saturated heterocycles. The summed E-state index contributed by atoms with van der Waals surface area (Å²) in [5.41, 5.74) is 8.91. The highest BCUT2D eigenvalue weighted by molar-refractivity contribution is 5.80. The van der Waals surface area contributed by atoms with Crippen molar-refractivity contribution < 1.29 is 0 Å². The average molecular weight is 255 g/mol. The molecule has 19 heavy (non-hydrogen) atoms. The molecule has 0 bridgehead atoms. The van der Waals surface area contributed by atoms with E-state index in [1.54, 1.807) is 0 Å². The molecule has 3 N–H and O–H groups in total. The van der Waals surface area contributed by atoms with Gasteiger partial charge in [-0.15, -0.1) is 0 Å². The summed E-state index contributed by atoms with van der Waals surface area (Å²) in [4.78, 5) is 9.83. The number of nitrogens with two attached hydrogens (primary N) is 1. The summed E-state index contributed by atoms with van der Waals surface area (Å²) in [6, 6.07) is 10.1. The minimum absolute atomic E-state index is 0.592.